The van der Waals surface area contributed by atoms with Gasteiger partial charge in [0.05, 0.1) is 18.4 Å². The zero-order valence-electron chi connectivity index (χ0n) is 18.3. The number of hydrogen-bond acceptors (Lipinski definition) is 6. The highest BCUT2D eigenvalue weighted by molar-refractivity contribution is 7.11. The zero-order valence-corrected chi connectivity index (χ0v) is 19.1. The summed E-state index contributed by atoms with van der Waals surface area (Å²) in [6.45, 7) is 5.96. The summed E-state index contributed by atoms with van der Waals surface area (Å²) in [6.07, 6.45) is 0. The number of methoxy groups -OCH3 is 1. The van der Waals surface area contributed by atoms with Gasteiger partial charge in [-0.3, -0.25) is 9.59 Å². The molecule has 1 aliphatic heterocycles. The number of ether oxygens (including phenoxy) is 1. The lowest BCUT2D eigenvalue weighted by Crippen LogP contribution is -2.32. The van der Waals surface area contributed by atoms with Crippen LogP contribution in [0.1, 0.15) is 18.7 Å². The maximum absolute atomic E-state index is 13.5. The first-order chi connectivity index (χ1) is 15.6. The van der Waals surface area contributed by atoms with Crippen molar-refractivity contribution in [2.75, 3.05) is 35.3 Å². The quantitative estimate of drug-likeness (QED) is 0.493. The number of nitrogens with one attached hydrogen (secondary N) is 1. The number of rotatable bonds is 8. The fraction of sp³-hybridized carbons (Fsp3) is 0.200. The molecule has 1 aromatic heterocycles. The van der Waals surface area contributed by atoms with Crippen LogP contribution < -0.4 is 19.9 Å². The van der Waals surface area contributed by atoms with Crippen LogP contribution in [0.3, 0.4) is 0 Å². The van der Waals surface area contributed by atoms with Crippen LogP contribution in [0.4, 0.5) is 17.1 Å². The van der Waals surface area contributed by atoms with E-state index in [2.05, 4.69) is 24.1 Å². The summed E-state index contributed by atoms with van der Waals surface area (Å²) in [5, 5.41) is 5.06. The summed E-state index contributed by atoms with van der Waals surface area (Å²) in [7, 11) is 1.59. The summed E-state index contributed by atoms with van der Waals surface area (Å²) in [5.74, 6) is -0.0517. The molecule has 164 valence electrons. The molecule has 2 amide bonds. The van der Waals surface area contributed by atoms with Gasteiger partial charge in [-0.05, 0) is 61.7 Å². The van der Waals surface area contributed by atoms with Crippen LogP contribution in [0, 0.1) is 0 Å². The summed E-state index contributed by atoms with van der Waals surface area (Å²) in [6, 6.07) is 18.5. The molecule has 32 heavy (non-hydrogen) atoms. The third kappa shape index (κ3) is 3.99. The van der Waals surface area contributed by atoms with Crippen molar-refractivity contribution in [2.45, 2.75) is 13.8 Å². The molecule has 0 spiro atoms. The van der Waals surface area contributed by atoms with Crippen LogP contribution in [0.25, 0.3) is 5.57 Å². The summed E-state index contributed by atoms with van der Waals surface area (Å²) in [5.41, 5.74) is 2.92. The third-order valence-corrected chi connectivity index (χ3v) is 6.31. The standard InChI is InChI=1S/C25H25N3O3S/c1-4-27(5-2)18-11-13-19(14-12-18)28-24(29)22(21-10-7-15-32-21)23(25(28)30)26-17-8-6-9-20(16-17)31-3/h6-16,26H,4-5H2,1-3H3. The van der Waals surface area contributed by atoms with Crippen molar-refractivity contribution in [1.82, 2.24) is 0 Å². The van der Waals surface area contributed by atoms with Crippen LogP contribution in [0.5, 0.6) is 5.75 Å². The fourth-order valence-corrected chi connectivity index (χ4v) is 4.54. The van der Waals surface area contributed by atoms with E-state index in [-0.39, 0.29) is 17.5 Å². The van der Waals surface area contributed by atoms with Gasteiger partial charge in [0.15, 0.2) is 0 Å². The first-order valence-electron chi connectivity index (χ1n) is 10.5. The van der Waals surface area contributed by atoms with Crippen molar-refractivity contribution in [3.05, 3.63) is 76.6 Å². The second-order valence-electron chi connectivity index (χ2n) is 7.22. The van der Waals surface area contributed by atoms with Crippen molar-refractivity contribution >= 4 is 45.8 Å². The van der Waals surface area contributed by atoms with Gasteiger partial charge in [0.2, 0.25) is 0 Å². The smallest absolute Gasteiger partial charge is 0.282 e. The van der Waals surface area contributed by atoms with E-state index in [1.165, 1.54) is 16.2 Å². The summed E-state index contributed by atoms with van der Waals surface area (Å²) < 4.78 is 5.29. The predicted molar refractivity (Wildman–Crippen MR) is 130 cm³/mol. The van der Waals surface area contributed by atoms with Gasteiger partial charge in [0.25, 0.3) is 11.8 Å². The van der Waals surface area contributed by atoms with E-state index in [0.29, 0.717) is 22.7 Å². The molecule has 6 nitrogen and oxygen atoms in total. The molecule has 0 unspecified atom stereocenters. The van der Waals surface area contributed by atoms with Crippen LogP contribution in [-0.4, -0.2) is 32.0 Å². The maximum atomic E-state index is 13.5. The Labute approximate surface area is 191 Å². The molecule has 1 aliphatic rings. The van der Waals surface area contributed by atoms with E-state index in [0.717, 1.165) is 23.7 Å². The number of hydrogen-bond donors (Lipinski definition) is 1. The molecule has 0 radical (unpaired) electrons. The number of amides is 2. The Hall–Kier alpha value is -3.58. The van der Waals surface area contributed by atoms with Gasteiger partial charge < -0.3 is 15.0 Å². The van der Waals surface area contributed by atoms with Crippen molar-refractivity contribution in [3.8, 4) is 5.75 Å². The lowest BCUT2D eigenvalue weighted by atomic mass is 10.2. The van der Waals surface area contributed by atoms with Gasteiger partial charge in [-0.1, -0.05) is 12.1 Å². The molecule has 2 aromatic carbocycles. The van der Waals surface area contributed by atoms with E-state index < -0.39 is 0 Å². The number of carbonyl (C=O) groups excluding carboxylic acids is 2. The second kappa shape index (κ2) is 9.28. The third-order valence-electron chi connectivity index (χ3n) is 5.43. The highest BCUT2D eigenvalue weighted by Crippen LogP contribution is 2.36. The van der Waals surface area contributed by atoms with Gasteiger partial charge in [-0.25, -0.2) is 4.90 Å². The fourth-order valence-electron chi connectivity index (χ4n) is 3.78. The van der Waals surface area contributed by atoms with Gasteiger partial charge in [0.1, 0.15) is 11.4 Å². The van der Waals surface area contributed by atoms with Crippen molar-refractivity contribution < 1.29 is 14.3 Å². The molecule has 0 bridgehead atoms. The van der Waals surface area contributed by atoms with Crippen molar-refractivity contribution in [2.24, 2.45) is 0 Å². The first-order valence-corrected chi connectivity index (χ1v) is 11.4. The molecule has 0 saturated heterocycles. The van der Waals surface area contributed by atoms with Crippen LogP contribution >= 0.6 is 11.3 Å². The van der Waals surface area contributed by atoms with E-state index in [9.17, 15) is 9.59 Å². The van der Waals surface area contributed by atoms with E-state index in [1.54, 1.807) is 13.2 Å². The summed E-state index contributed by atoms with van der Waals surface area (Å²) in [4.78, 5) is 31.1. The molecule has 0 saturated carbocycles. The largest absolute Gasteiger partial charge is 0.497 e. The summed E-state index contributed by atoms with van der Waals surface area (Å²) >= 11 is 1.43. The average Bonchev–Trinajstić information content (AvgIpc) is 3.42. The number of benzene rings is 2. The number of anilines is 3. The molecular weight excluding hydrogens is 422 g/mol. The lowest BCUT2D eigenvalue weighted by Gasteiger charge is -2.22. The molecule has 0 fully saturated rings. The maximum Gasteiger partial charge on any atom is 0.282 e. The number of nitrogens with zero attached hydrogens (tertiary/aromatic N) is 2. The van der Waals surface area contributed by atoms with E-state index in [4.69, 9.17) is 4.74 Å². The Kier molecular flexibility index (Phi) is 6.28. The average molecular weight is 448 g/mol. The Morgan fingerprint density at radius 3 is 2.34 bits per heavy atom. The number of carbonyl (C=O) groups is 2. The van der Waals surface area contributed by atoms with Crippen molar-refractivity contribution in [3.63, 3.8) is 0 Å². The van der Waals surface area contributed by atoms with Gasteiger partial charge in [-0.2, -0.15) is 0 Å². The SMILES string of the molecule is CCN(CC)c1ccc(N2C(=O)C(Nc3cccc(OC)c3)=C(c3cccs3)C2=O)cc1. The molecule has 4 rings (SSSR count). The molecule has 2 heterocycles. The zero-order chi connectivity index (χ0) is 22.7. The van der Waals surface area contributed by atoms with Crippen LogP contribution in [0.2, 0.25) is 0 Å². The normalized spacial score (nSPS) is 13.7. The predicted octanol–water partition coefficient (Wildman–Crippen LogP) is 5.00. The molecule has 3 aromatic rings. The van der Waals surface area contributed by atoms with E-state index >= 15 is 0 Å². The Balaban J connectivity index is 1.71. The Morgan fingerprint density at radius 1 is 0.969 bits per heavy atom. The van der Waals surface area contributed by atoms with Crippen LogP contribution in [-0.2, 0) is 9.59 Å². The molecule has 1 N–H and O–H groups in total. The lowest BCUT2D eigenvalue weighted by molar-refractivity contribution is -0.120. The molecule has 0 atom stereocenters. The number of thiophene rings is 1. The topological polar surface area (TPSA) is 61.9 Å². The Morgan fingerprint density at radius 2 is 1.72 bits per heavy atom. The molecule has 0 aliphatic carbocycles. The monoisotopic (exact) mass is 447 g/mol. The van der Waals surface area contributed by atoms with Gasteiger partial charge in [-0.15, -0.1) is 11.3 Å². The van der Waals surface area contributed by atoms with E-state index in [1.807, 2.05) is 60.0 Å². The molecular formula is C25H25N3O3S. The van der Waals surface area contributed by atoms with Gasteiger partial charge >= 0.3 is 0 Å². The minimum Gasteiger partial charge on any atom is -0.497 e. The second-order valence-corrected chi connectivity index (χ2v) is 8.17. The first kappa shape index (κ1) is 21.6. The van der Waals surface area contributed by atoms with Crippen molar-refractivity contribution in [1.29, 1.82) is 0 Å². The minimum atomic E-state index is -0.378. The molecule has 7 heteroatoms. The van der Waals surface area contributed by atoms with Gasteiger partial charge in [0, 0.05) is 35.4 Å². The highest BCUT2D eigenvalue weighted by Gasteiger charge is 2.40. The minimum absolute atomic E-state index is 0.263. The van der Waals surface area contributed by atoms with Crippen LogP contribution in [0.15, 0.2) is 71.7 Å². The highest BCUT2D eigenvalue weighted by atomic mass is 32.1. The Bertz CT molecular complexity index is 1150. The number of imide groups is 1.